The quantitative estimate of drug-likeness (QED) is 0.610. The first-order valence-corrected chi connectivity index (χ1v) is 11.9. The van der Waals surface area contributed by atoms with E-state index in [0.29, 0.717) is 12.5 Å². The Labute approximate surface area is 187 Å². The van der Waals surface area contributed by atoms with Crippen LogP contribution in [0.1, 0.15) is 48.3 Å². The summed E-state index contributed by atoms with van der Waals surface area (Å²) in [5.74, 6) is 0.724. The minimum Gasteiger partial charge on any atom is -0.350 e. The first-order chi connectivity index (χ1) is 15.1. The highest BCUT2D eigenvalue weighted by Gasteiger charge is 2.34. The average Bonchev–Trinajstić information content (AvgIpc) is 3.31. The van der Waals surface area contributed by atoms with E-state index >= 15 is 0 Å². The fourth-order valence-electron chi connectivity index (χ4n) is 4.50. The summed E-state index contributed by atoms with van der Waals surface area (Å²) < 4.78 is 1.21. The third-order valence-corrected chi connectivity index (χ3v) is 7.23. The molecule has 6 nitrogen and oxygen atoms in total. The lowest BCUT2D eigenvalue weighted by atomic mass is 10.1. The number of aromatic nitrogens is 2. The van der Waals surface area contributed by atoms with Gasteiger partial charge in [0, 0.05) is 25.8 Å². The highest BCUT2D eigenvalue weighted by molar-refractivity contribution is 7.22. The number of fused-ring (bicyclic) bond motifs is 1. The number of amides is 1. The molecule has 5 rings (SSSR count). The number of carbonyl (C=O) groups is 1. The molecule has 2 fully saturated rings. The highest BCUT2D eigenvalue weighted by atomic mass is 32.1. The van der Waals surface area contributed by atoms with Gasteiger partial charge in [-0.2, -0.15) is 4.98 Å². The fraction of sp³-hybridized carbons (Fsp3) is 0.458. The first-order valence-electron chi connectivity index (χ1n) is 11.1. The number of hydrogen-bond acceptors (Lipinski definition) is 6. The van der Waals surface area contributed by atoms with Crippen molar-refractivity contribution in [1.29, 1.82) is 0 Å². The second kappa shape index (κ2) is 8.55. The van der Waals surface area contributed by atoms with Crippen molar-refractivity contribution in [1.82, 2.24) is 20.2 Å². The maximum atomic E-state index is 13.0. The molecule has 2 aliphatic rings. The van der Waals surface area contributed by atoms with Gasteiger partial charge in [0.05, 0.1) is 4.70 Å². The zero-order chi connectivity index (χ0) is 21.4. The molecule has 2 aromatic heterocycles. The van der Waals surface area contributed by atoms with Crippen molar-refractivity contribution in [2.24, 2.45) is 0 Å². The normalized spacial score (nSPS) is 18.8. The zero-order valence-electron chi connectivity index (χ0n) is 18.2. The van der Waals surface area contributed by atoms with Crippen LogP contribution in [-0.2, 0) is 17.9 Å². The van der Waals surface area contributed by atoms with Crippen molar-refractivity contribution in [2.45, 2.75) is 50.7 Å². The van der Waals surface area contributed by atoms with Crippen LogP contribution in [0.5, 0.6) is 0 Å². The van der Waals surface area contributed by atoms with E-state index in [-0.39, 0.29) is 11.9 Å². The Kier molecular flexibility index (Phi) is 5.63. The molecule has 1 amide bonds. The summed E-state index contributed by atoms with van der Waals surface area (Å²) in [6.45, 7) is 2.33. The number of benzene rings is 1. The predicted molar refractivity (Wildman–Crippen MR) is 125 cm³/mol. The van der Waals surface area contributed by atoms with Gasteiger partial charge < -0.3 is 15.1 Å². The number of carbonyl (C=O) groups excluding carboxylic acids is 1. The Morgan fingerprint density at radius 3 is 2.77 bits per heavy atom. The van der Waals surface area contributed by atoms with Crippen molar-refractivity contribution < 1.29 is 4.79 Å². The van der Waals surface area contributed by atoms with Crippen LogP contribution < -0.4 is 10.2 Å². The van der Waals surface area contributed by atoms with Gasteiger partial charge in [-0.3, -0.25) is 4.79 Å². The van der Waals surface area contributed by atoms with Crippen LogP contribution in [0.4, 0.5) is 5.13 Å². The SMILES string of the molecule is CN(C)Cc1cnc2nc(N3CCCC3C(=O)NCc3ccccc3)sc2c1C1CC1. The second-order valence-corrected chi connectivity index (χ2v) is 9.89. The van der Waals surface area contributed by atoms with Crippen LogP contribution >= 0.6 is 11.3 Å². The van der Waals surface area contributed by atoms with E-state index in [1.165, 1.54) is 28.7 Å². The summed E-state index contributed by atoms with van der Waals surface area (Å²) in [7, 11) is 4.20. The molecule has 0 spiro atoms. The minimum atomic E-state index is -0.158. The smallest absolute Gasteiger partial charge is 0.243 e. The number of hydrogen-bond donors (Lipinski definition) is 1. The molecule has 1 N–H and O–H groups in total. The molecule has 7 heteroatoms. The summed E-state index contributed by atoms with van der Waals surface area (Å²) >= 11 is 1.72. The van der Waals surface area contributed by atoms with Gasteiger partial charge in [0.15, 0.2) is 10.8 Å². The molecular weight excluding hydrogens is 406 g/mol. The molecule has 1 saturated carbocycles. The van der Waals surface area contributed by atoms with E-state index in [2.05, 4.69) is 34.2 Å². The second-order valence-electron chi connectivity index (χ2n) is 8.91. The summed E-state index contributed by atoms with van der Waals surface area (Å²) in [4.78, 5) is 26.9. The van der Waals surface area contributed by atoms with E-state index in [0.717, 1.165) is 42.3 Å². The van der Waals surface area contributed by atoms with Crippen LogP contribution in [-0.4, -0.2) is 47.5 Å². The number of pyridine rings is 1. The Hall–Kier alpha value is -2.51. The molecule has 0 bridgehead atoms. The Morgan fingerprint density at radius 2 is 2.03 bits per heavy atom. The van der Waals surface area contributed by atoms with Crippen LogP contribution in [0.3, 0.4) is 0 Å². The maximum Gasteiger partial charge on any atom is 0.243 e. The van der Waals surface area contributed by atoms with Crippen molar-refractivity contribution in [3.05, 3.63) is 53.2 Å². The molecular formula is C24H29N5OS. The molecule has 3 heterocycles. The molecule has 31 heavy (non-hydrogen) atoms. The largest absolute Gasteiger partial charge is 0.350 e. The Bertz CT molecular complexity index is 1080. The van der Waals surface area contributed by atoms with E-state index in [9.17, 15) is 4.79 Å². The highest BCUT2D eigenvalue weighted by Crippen LogP contribution is 2.47. The zero-order valence-corrected chi connectivity index (χ0v) is 19.0. The van der Waals surface area contributed by atoms with Gasteiger partial charge in [-0.15, -0.1) is 0 Å². The molecule has 1 aliphatic carbocycles. The van der Waals surface area contributed by atoms with Crippen LogP contribution in [0.2, 0.25) is 0 Å². The molecule has 1 atom stereocenters. The monoisotopic (exact) mass is 435 g/mol. The number of rotatable bonds is 7. The fourth-order valence-corrected chi connectivity index (χ4v) is 5.75. The van der Waals surface area contributed by atoms with Crippen molar-refractivity contribution >= 4 is 32.7 Å². The Balaban J connectivity index is 1.39. The molecule has 1 aliphatic heterocycles. The molecule has 1 unspecified atom stereocenters. The van der Waals surface area contributed by atoms with E-state index < -0.39 is 0 Å². The van der Waals surface area contributed by atoms with Crippen LogP contribution in [0.25, 0.3) is 10.3 Å². The molecule has 3 aromatic rings. The van der Waals surface area contributed by atoms with E-state index in [1.54, 1.807) is 11.3 Å². The van der Waals surface area contributed by atoms with E-state index in [1.807, 2.05) is 36.5 Å². The van der Waals surface area contributed by atoms with Crippen molar-refractivity contribution in [3.8, 4) is 0 Å². The van der Waals surface area contributed by atoms with Gasteiger partial charge in [0.1, 0.15) is 6.04 Å². The lowest BCUT2D eigenvalue weighted by molar-refractivity contribution is -0.122. The third kappa shape index (κ3) is 4.29. The number of anilines is 1. The average molecular weight is 436 g/mol. The Morgan fingerprint density at radius 1 is 1.23 bits per heavy atom. The lowest BCUT2D eigenvalue weighted by Crippen LogP contribution is -2.43. The minimum absolute atomic E-state index is 0.0873. The van der Waals surface area contributed by atoms with Crippen LogP contribution in [0.15, 0.2) is 36.5 Å². The third-order valence-electron chi connectivity index (χ3n) is 6.11. The summed E-state index contributed by atoms with van der Waals surface area (Å²) in [5, 5.41) is 4.05. The van der Waals surface area contributed by atoms with Gasteiger partial charge >= 0.3 is 0 Å². The topological polar surface area (TPSA) is 61.4 Å². The number of thiazole rings is 1. The number of nitrogens with zero attached hydrogens (tertiary/aromatic N) is 4. The number of nitrogens with one attached hydrogen (secondary N) is 1. The summed E-state index contributed by atoms with van der Waals surface area (Å²) in [6, 6.07) is 9.91. The molecule has 1 saturated heterocycles. The summed E-state index contributed by atoms with van der Waals surface area (Å²) in [6.07, 6.45) is 6.38. The lowest BCUT2D eigenvalue weighted by Gasteiger charge is -2.23. The maximum absolute atomic E-state index is 13.0. The van der Waals surface area contributed by atoms with Crippen molar-refractivity contribution in [3.63, 3.8) is 0 Å². The van der Waals surface area contributed by atoms with Gasteiger partial charge in [0.2, 0.25) is 5.91 Å². The molecule has 0 radical (unpaired) electrons. The first kappa shape index (κ1) is 20.4. The van der Waals surface area contributed by atoms with Crippen molar-refractivity contribution in [2.75, 3.05) is 25.5 Å². The van der Waals surface area contributed by atoms with Gasteiger partial charge in [-0.05, 0) is 62.4 Å². The standard InChI is InChI=1S/C24H29N5OS/c1-28(2)15-18-14-25-22-21(20(18)17-10-11-17)31-24(27-22)29-12-6-9-19(29)23(30)26-13-16-7-4-3-5-8-16/h3-5,7-8,14,17,19H,6,9-13,15H2,1-2H3,(H,26,30). The summed E-state index contributed by atoms with van der Waals surface area (Å²) in [5.41, 5.74) is 4.70. The van der Waals surface area contributed by atoms with E-state index in [4.69, 9.17) is 4.98 Å². The predicted octanol–water partition coefficient (Wildman–Crippen LogP) is 3.92. The molecule has 162 valence electrons. The molecule has 1 aromatic carbocycles. The van der Waals surface area contributed by atoms with Gasteiger partial charge in [-0.25, -0.2) is 4.98 Å². The van der Waals surface area contributed by atoms with Gasteiger partial charge in [-0.1, -0.05) is 41.7 Å². The van der Waals surface area contributed by atoms with Gasteiger partial charge in [0.25, 0.3) is 0 Å². The van der Waals surface area contributed by atoms with Crippen LogP contribution in [0, 0.1) is 0 Å².